The standard InChI is InChI=1S/C23H35N5O8/c1-11(2)8-16(22(34)28-19(12(3)29)23(35)36)27-21(33)17(9-13-4-6-14(30)7-5-13)26-20(32)15(24)10-18(25)31/h4-7,11-12,15-17,19,29-30H,8-10,24H2,1-3H3,(H2,25,31)(H,26,32)(H,27,33)(H,28,34)(H,35,36). The van der Waals surface area contributed by atoms with E-state index in [2.05, 4.69) is 16.0 Å². The Kier molecular flexibility index (Phi) is 11.8. The van der Waals surface area contributed by atoms with Gasteiger partial charge in [0.2, 0.25) is 23.6 Å². The van der Waals surface area contributed by atoms with Crippen molar-refractivity contribution in [2.45, 2.75) is 70.3 Å². The Hall–Kier alpha value is -3.71. The topological polar surface area (TPSA) is 234 Å². The fourth-order valence-corrected chi connectivity index (χ4v) is 3.28. The lowest BCUT2D eigenvalue weighted by atomic mass is 10.00. The molecule has 1 aromatic rings. The summed E-state index contributed by atoms with van der Waals surface area (Å²) < 4.78 is 0. The van der Waals surface area contributed by atoms with Crippen molar-refractivity contribution in [2.75, 3.05) is 0 Å². The molecule has 0 radical (unpaired) electrons. The molecule has 13 nitrogen and oxygen atoms in total. The molecule has 0 aromatic heterocycles. The lowest BCUT2D eigenvalue weighted by molar-refractivity contribution is -0.145. The molecule has 200 valence electrons. The number of aliphatic hydroxyl groups is 1. The van der Waals surface area contributed by atoms with Crippen molar-refractivity contribution in [1.82, 2.24) is 16.0 Å². The number of phenols is 1. The number of hydrogen-bond acceptors (Lipinski definition) is 8. The van der Waals surface area contributed by atoms with Crippen molar-refractivity contribution in [3.05, 3.63) is 29.8 Å². The summed E-state index contributed by atoms with van der Waals surface area (Å²) in [5, 5.41) is 35.6. The Morgan fingerprint density at radius 2 is 1.42 bits per heavy atom. The third-order valence-electron chi connectivity index (χ3n) is 5.15. The summed E-state index contributed by atoms with van der Waals surface area (Å²) in [6, 6.07) is 0.516. The molecule has 1 rings (SSSR count). The van der Waals surface area contributed by atoms with Gasteiger partial charge in [-0.1, -0.05) is 26.0 Å². The monoisotopic (exact) mass is 509 g/mol. The molecular weight excluding hydrogens is 474 g/mol. The second-order valence-corrected chi connectivity index (χ2v) is 8.96. The number of phenolic OH excluding ortho intramolecular Hbond substituents is 1. The molecule has 0 aliphatic carbocycles. The maximum atomic E-state index is 13.2. The molecule has 1 aromatic carbocycles. The van der Waals surface area contributed by atoms with Crippen LogP contribution in [0.1, 0.15) is 39.2 Å². The Labute approximate surface area is 208 Å². The predicted molar refractivity (Wildman–Crippen MR) is 128 cm³/mol. The van der Waals surface area contributed by atoms with E-state index >= 15 is 0 Å². The second-order valence-electron chi connectivity index (χ2n) is 8.96. The minimum Gasteiger partial charge on any atom is -0.508 e. The zero-order chi connectivity index (χ0) is 27.6. The maximum Gasteiger partial charge on any atom is 0.328 e. The van der Waals surface area contributed by atoms with E-state index in [-0.39, 0.29) is 24.5 Å². The molecule has 0 saturated heterocycles. The summed E-state index contributed by atoms with van der Waals surface area (Å²) >= 11 is 0. The van der Waals surface area contributed by atoms with Crippen LogP contribution < -0.4 is 27.4 Å². The molecule has 0 heterocycles. The van der Waals surface area contributed by atoms with Gasteiger partial charge in [0.1, 0.15) is 17.8 Å². The van der Waals surface area contributed by atoms with Crippen LogP contribution in [0.25, 0.3) is 0 Å². The number of hydrogen-bond donors (Lipinski definition) is 8. The normalized spacial score (nSPS) is 15.2. The average Bonchev–Trinajstić information content (AvgIpc) is 2.76. The third kappa shape index (κ3) is 10.3. The Morgan fingerprint density at radius 1 is 0.889 bits per heavy atom. The van der Waals surface area contributed by atoms with Gasteiger partial charge in [0, 0.05) is 6.42 Å². The minimum absolute atomic E-state index is 0.00738. The zero-order valence-electron chi connectivity index (χ0n) is 20.4. The highest BCUT2D eigenvalue weighted by atomic mass is 16.4. The number of rotatable bonds is 14. The first-order chi connectivity index (χ1) is 16.7. The van der Waals surface area contributed by atoms with E-state index in [0.29, 0.717) is 5.56 Å². The molecule has 0 aliphatic rings. The van der Waals surface area contributed by atoms with E-state index in [1.807, 2.05) is 0 Å². The van der Waals surface area contributed by atoms with E-state index in [4.69, 9.17) is 11.5 Å². The van der Waals surface area contributed by atoms with Crippen LogP contribution in [0, 0.1) is 5.92 Å². The summed E-state index contributed by atoms with van der Waals surface area (Å²) in [6.45, 7) is 4.77. The summed E-state index contributed by atoms with van der Waals surface area (Å²) in [4.78, 5) is 61.0. The van der Waals surface area contributed by atoms with Crippen LogP contribution in [0.5, 0.6) is 5.75 Å². The quantitative estimate of drug-likeness (QED) is 0.140. The van der Waals surface area contributed by atoms with Crippen molar-refractivity contribution in [1.29, 1.82) is 0 Å². The molecule has 0 fully saturated rings. The van der Waals surface area contributed by atoms with Crippen LogP contribution in [0.15, 0.2) is 24.3 Å². The number of aliphatic hydroxyl groups excluding tert-OH is 1. The predicted octanol–water partition coefficient (Wildman–Crippen LogP) is -1.90. The van der Waals surface area contributed by atoms with Gasteiger partial charge < -0.3 is 42.7 Å². The largest absolute Gasteiger partial charge is 0.508 e. The SMILES string of the molecule is CC(C)CC(NC(=O)C(Cc1ccc(O)cc1)NC(=O)C(N)CC(N)=O)C(=O)NC(C(=O)O)C(C)O. The molecule has 13 heteroatoms. The van der Waals surface area contributed by atoms with Crippen molar-refractivity contribution in [3.63, 3.8) is 0 Å². The molecule has 10 N–H and O–H groups in total. The molecular formula is C23H35N5O8. The van der Waals surface area contributed by atoms with Gasteiger partial charge >= 0.3 is 5.97 Å². The number of amides is 4. The fraction of sp³-hybridized carbons (Fsp3) is 0.522. The second kappa shape index (κ2) is 14.0. The number of aliphatic carboxylic acids is 1. The average molecular weight is 510 g/mol. The van der Waals surface area contributed by atoms with Crippen LogP contribution in [0.2, 0.25) is 0 Å². The van der Waals surface area contributed by atoms with Gasteiger partial charge in [-0.25, -0.2) is 4.79 Å². The number of nitrogens with one attached hydrogen (secondary N) is 3. The number of nitrogens with two attached hydrogens (primary N) is 2. The van der Waals surface area contributed by atoms with Crippen molar-refractivity contribution >= 4 is 29.6 Å². The van der Waals surface area contributed by atoms with Gasteiger partial charge in [0.15, 0.2) is 6.04 Å². The van der Waals surface area contributed by atoms with E-state index in [9.17, 15) is 39.3 Å². The number of aromatic hydroxyl groups is 1. The number of carbonyl (C=O) groups is 5. The minimum atomic E-state index is -1.59. The summed E-state index contributed by atoms with van der Waals surface area (Å²) in [6.07, 6.45) is -1.77. The summed E-state index contributed by atoms with van der Waals surface area (Å²) in [5.41, 5.74) is 11.3. The molecule has 0 bridgehead atoms. The van der Waals surface area contributed by atoms with Gasteiger partial charge in [0.25, 0.3) is 0 Å². The Morgan fingerprint density at radius 3 is 1.89 bits per heavy atom. The molecule has 36 heavy (non-hydrogen) atoms. The maximum absolute atomic E-state index is 13.2. The fourth-order valence-electron chi connectivity index (χ4n) is 3.28. The first kappa shape index (κ1) is 30.3. The van der Waals surface area contributed by atoms with E-state index in [0.717, 1.165) is 0 Å². The van der Waals surface area contributed by atoms with Crippen molar-refractivity contribution in [3.8, 4) is 5.75 Å². The van der Waals surface area contributed by atoms with Gasteiger partial charge in [-0.15, -0.1) is 0 Å². The van der Waals surface area contributed by atoms with Crippen LogP contribution in [0.4, 0.5) is 0 Å². The molecule has 5 atom stereocenters. The molecule has 4 amide bonds. The van der Waals surface area contributed by atoms with Gasteiger partial charge in [0.05, 0.1) is 18.6 Å². The van der Waals surface area contributed by atoms with Crippen LogP contribution in [-0.2, 0) is 30.4 Å². The van der Waals surface area contributed by atoms with Gasteiger partial charge in [-0.2, -0.15) is 0 Å². The third-order valence-corrected chi connectivity index (χ3v) is 5.15. The van der Waals surface area contributed by atoms with Crippen molar-refractivity contribution in [2.24, 2.45) is 17.4 Å². The summed E-state index contributed by atoms with van der Waals surface area (Å²) in [7, 11) is 0. The highest BCUT2D eigenvalue weighted by molar-refractivity contribution is 5.95. The molecule has 0 saturated carbocycles. The van der Waals surface area contributed by atoms with E-state index in [1.54, 1.807) is 13.8 Å². The van der Waals surface area contributed by atoms with E-state index < -0.39 is 66.3 Å². The lowest BCUT2D eigenvalue weighted by Gasteiger charge is -2.26. The molecule has 0 spiro atoms. The number of primary amides is 1. The summed E-state index contributed by atoms with van der Waals surface area (Å²) in [5.74, 6) is -4.78. The van der Waals surface area contributed by atoms with Gasteiger partial charge in [-0.3, -0.25) is 19.2 Å². The van der Waals surface area contributed by atoms with E-state index in [1.165, 1.54) is 31.2 Å². The number of benzene rings is 1. The van der Waals surface area contributed by atoms with Crippen molar-refractivity contribution < 1.29 is 39.3 Å². The number of carbonyl (C=O) groups excluding carboxylic acids is 4. The highest BCUT2D eigenvalue weighted by Gasteiger charge is 2.32. The Bertz CT molecular complexity index is 935. The molecule has 0 aliphatic heterocycles. The zero-order valence-corrected chi connectivity index (χ0v) is 20.4. The van der Waals surface area contributed by atoms with Crippen LogP contribution in [0.3, 0.4) is 0 Å². The highest BCUT2D eigenvalue weighted by Crippen LogP contribution is 2.13. The van der Waals surface area contributed by atoms with Gasteiger partial charge in [-0.05, 0) is 37.0 Å². The smallest absolute Gasteiger partial charge is 0.328 e. The number of carboxylic acids is 1. The van der Waals surface area contributed by atoms with Crippen LogP contribution >= 0.6 is 0 Å². The number of carboxylic acid groups (broad SMARTS) is 1. The van der Waals surface area contributed by atoms with Crippen LogP contribution in [-0.4, -0.2) is 75.2 Å². The molecule has 5 unspecified atom stereocenters. The lowest BCUT2D eigenvalue weighted by Crippen LogP contribution is -2.59. The Balaban J connectivity index is 3.15. The first-order valence-corrected chi connectivity index (χ1v) is 11.3. The first-order valence-electron chi connectivity index (χ1n) is 11.3.